The number of hydrogen-bond donors (Lipinski definition) is 2. The molecule has 0 heterocycles. The van der Waals surface area contributed by atoms with Crippen LogP contribution in [-0.2, 0) is 6.42 Å². The Balaban J connectivity index is 2.42. The van der Waals surface area contributed by atoms with E-state index in [0.717, 1.165) is 12.8 Å². The molecule has 0 saturated carbocycles. The molecule has 12 heavy (non-hydrogen) atoms. The lowest BCUT2D eigenvalue weighted by molar-refractivity contribution is 0.126. The van der Waals surface area contributed by atoms with Crippen LogP contribution in [0.5, 0.6) is 0 Å². The predicted octanol–water partition coefficient (Wildman–Crippen LogP) is 2.26. The SMILES string of the molecule is ONC1CCc2ccc(I)cc21. The Morgan fingerprint density at radius 3 is 3.08 bits per heavy atom. The van der Waals surface area contributed by atoms with Crippen LogP contribution in [0.3, 0.4) is 0 Å². The summed E-state index contributed by atoms with van der Waals surface area (Å²) in [6.45, 7) is 0. The van der Waals surface area contributed by atoms with E-state index in [2.05, 4.69) is 46.3 Å². The second-order valence-electron chi connectivity index (χ2n) is 3.06. The lowest BCUT2D eigenvalue weighted by atomic mass is 10.1. The molecule has 1 aromatic carbocycles. The Bertz CT molecular complexity index is 301. The van der Waals surface area contributed by atoms with Gasteiger partial charge in [-0.2, -0.15) is 5.48 Å². The van der Waals surface area contributed by atoms with E-state index in [9.17, 15) is 0 Å². The zero-order chi connectivity index (χ0) is 8.55. The van der Waals surface area contributed by atoms with Crippen LogP contribution >= 0.6 is 22.6 Å². The summed E-state index contributed by atoms with van der Waals surface area (Å²) in [6.07, 6.45) is 2.08. The summed E-state index contributed by atoms with van der Waals surface area (Å²) in [7, 11) is 0. The number of benzene rings is 1. The van der Waals surface area contributed by atoms with E-state index in [4.69, 9.17) is 5.21 Å². The largest absolute Gasteiger partial charge is 0.316 e. The fourth-order valence-corrected chi connectivity index (χ4v) is 2.22. The van der Waals surface area contributed by atoms with Crippen molar-refractivity contribution >= 4 is 22.6 Å². The first-order valence-electron chi connectivity index (χ1n) is 3.99. The van der Waals surface area contributed by atoms with E-state index in [1.807, 2.05) is 0 Å². The van der Waals surface area contributed by atoms with Crippen LogP contribution in [0.25, 0.3) is 0 Å². The van der Waals surface area contributed by atoms with Crippen molar-refractivity contribution in [3.8, 4) is 0 Å². The molecule has 64 valence electrons. The number of fused-ring (bicyclic) bond motifs is 1. The molecular weight excluding hydrogens is 265 g/mol. The monoisotopic (exact) mass is 275 g/mol. The molecule has 1 aliphatic carbocycles. The van der Waals surface area contributed by atoms with Gasteiger partial charge in [-0.25, -0.2) is 0 Å². The molecule has 1 aliphatic rings. The summed E-state index contributed by atoms with van der Waals surface area (Å²) >= 11 is 2.29. The van der Waals surface area contributed by atoms with E-state index in [0.29, 0.717) is 0 Å². The molecule has 0 amide bonds. The standard InChI is InChI=1S/C9H10INO/c10-7-3-1-6-2-4-9(11-12)8(6)5-7/h1,3,5,9,11-12H,2,4H2. The number of hydrogen-bond acceptors (Lipinski definition) is 2. The second-order valence-corrected chi connectivity index (χ2v) is 4.31. The zero-order valence-electron chi connectivity index (χ0n) is 6.55. The molecule has 0 aromatic heterocycles. The van der Waals surface area contributed by atoms with Crippen LogP contribution in [0.1, 0.15) is 23.6 Å². The summed E-state index contributed by atoms with van der Waals surface area (Å²) < 4.78 is 1.23. The maximum atomic E-state index is 8.85. The summed E-state index contributed by atoms with van der Waals surface area (Å²) in [5.41, 5.74) is 4.96. The van der Waals surface area contributed by atoms with Crippen molar-refractivity contribution in [1.29, 1.82) is 0 Å². The Kier molecular flexibility index (Phi) is 2.34. The van der Waals surface area contributed by atoms with Gasteiger partial charge >= 0.3 is 0 Å². The highest BCUT2D eigenvalue weighted by molar-refractivity contribution is 14.1. The average molecular weight is 275 g/mol. The number of halogens is 1. The smallest absolute Gasteiger partial charge is 0.0575 e. The maximum absolute atomic E-state index is 8.85. The van der Waals surface area contributed by atoms with Crippen molar-refractivity contribution in [2.24, 2.45) is 0 Å². The fraction of sp³-hybridized carbons (Fsp3) is 0.333. The molecule has 0 saturated heterocycles. The minimum atomic E-state index is 0.148. The van der Waals surface area contributed by atoms with E-state index < -0.39 is 0 Å². The molecule has 0 fully saturated rings. The molecule has 3 heteroatoms. The Hall–Kier alpha value is -0.130. The summed E-state index contributed by atoms with van der Waals surface area (Å²) in [5.74, 6) is 0. The highest BCUT2D eigenvalue weighted by atomic mass is 127. The third-order valence-electron chi connectivity index (χ3n) is 2.34. The van der Waals surface area contributed by atoms with E-state index in [1.165, 1.54) is 14.7 Å². The molecule has 1 aromatic rings. The molecule has 0 spiro atoms. The van der Waals surface area contributed by atoms with Crippen molar-refractivity contribution in [2.45, 2.75) is 18.9 Å². The maximum Gasteiger partial charge on any atom is 0.0575 e. The number of nitrogens with one attached hydrogen (secondary N) is 1. The van der Waals surface area contributed by atoms with Crippen molar-refractivity contribution in [3.63, 3.8) is 0 Å². The van der Waals surface area contributed by atoms with Gasteiger partial charge in [-0.1, -0.05) is 6.07 Å². The third kappa shape index (κ3) is 1.36. The summed E-state index contributed by atoms with van der Waals surface area (Å²) in [6, 6.07) is 6.54. The van der Waals surface area contributed by atoms with Gasteiger partial charge in [0.2, 0.25) is 0 Å². The molecule has 0 bridgehead atoms. The lowest BCUT2D eigenvalue weighted by Crippen LogP contribution is -2.13. The highest BCUT2D eigenvalue weighted by Gasteiger charge is 2.21. The Morgan fingerprint density at radius 1 is 1.50 bits per heavy atom. The van der Waals surface area contributed by atoms with Crippen LogP contribution in [0, 0.1) is 3.57 Å². The van der Waals surface area contributed by atoms with Crippen molar-refractivity contribution < 1.29 is 5.21 Å². The number of rotatable bonds is 1. The van der Waals surface area contributed by atoms with Crippen molar-refractivity contribution in [1.82, 2.24) is 5.48 Å². The second kappa shape index (κ2) is 3.32. The van der Waals surface area contributed by atoms with Gasteiger partial charge in [0, 0.05) is 3.57 Å². The van der Waals surface area contributed by atoms with Crippen LogP contribution < -0.4 is 5.48 Å². The molecule has 2 nitrogen and oxygen atoms in total. The van der Waals surface area contributed by atoms with Crippen LogP contribution in [0.15, 0.2) is 18.2 Å². The van der Waals surface area contributed by atoms with Gasteiger partial charge in [0.15, 0.2) is 0 Å². The van der Waals surface area contributed by atoms with E-state index >= 15 is 0 Å². The molecular formula is C9H10INO. The number of aryl methyl sites for hydroxylation is 1. The Morgan fingerprint density at radius 2 is 2.33 bits per heavy atom. The molecule has 1 atom stereocenters. The first-order chi connectivity index (χ1) is 5.81. The molecule has 2 rings (SSSR count). The number of hydroxylamine groups is 1. The molecule has 2 N–H and O–H groups in total. The van der Waals surface area contributed by atoms with Crippen molar-refractivity contribution in [2.75, 3.05) is 0 Å². The van der Waals surface area contributed by atoms with Crippen LogP contribution in [-0.4, -0.2) is 5.21 Å². The molecule has 0 radical (unpaired) electrons. The van der Waals surface area contributed by atoms with Gasteiger partial charge < -0.3 is 5.21 Å². The van der Waals surface area contributed by atoms with Gasteiger partial charge in [0.1, 0.15) is 0 Å². The fourth-order valence-electron chi connectivity index (χ4n) is 1.71. The molecule has 0 aliphatic heterocycles. The van der Waals surface area contributed by atoms with E-state index in [-0.39, 0.29) is 6.04 Å². The average Bonchev–Trinajstić information content (AvgIpc) is 2.46. The lowest BCUT2D eigenvalue weighted by Gasteiger charge is -2.08. The highest BCUT2D eigenvalue weighted by Crippen LogP contribution is 2.31. The van der Waals surface area contributed by atoms with Crippen LogP contribution in [0.4, 0.5) is 0 Å². The van der Waals surface area contributed by atoms with Gasteiger partial charge in [0.05, 0.1) is 6.04 Å². The van der Waals surface area contributed by atoms with Crippen molar-refractivity contribution in [3.05, 3.63) is 32.9 Å². The van der Waals surface area contributed by atoms with Gasteiger partial charge in [-0.3, -0.25) is 0 Å². The topological polar surface area (TPSA) is 32.3 Å². The third-order valence-corrected chi connectivity index (χ3v) is 3.01. The van der Waals surface area contributed by atoms with E-state index in [1.54, 1.807) is 0 Å². The van der Waals surface area contributed by atoms with Gasteiger partial charge in [0.25, 0.3) is 0 Å². The normalized spacial score (nSPS) is 21.0. The predicted molar refractivity (Wildman–Crippen MR) is 55.1 cm³/mol. The Labute approximate surface area is 85.1 Å². The first kappa shape index (κ1) is 8.47. The first-order valence-corrected chi connectivity index (χ1v) is 5.07. The van der Waals surface area contributed by atoms with Crippen LogP contribution in [0.2, 0.25) is 0 Å². The molecule has 1 unspecified atom stereocenters. The minimum absolute atomic E-state index is 0.148. The summed E-state index contributed by atoms with van der Waals surface area (Å²) in [4.78, 5) is 0. The quantitative estimate of drug-likeness (QED) is 0.608. The van der Waals surface area contributed by atoms with Gasteiger partial charge in [-0.05, 0) is 58.7 Å². The zero-order valence-corrected chi connectivity index (χ0v) is 8.71. The van der Waals surface area contributed by atoms with Gasteiger partial charge in [-0.15, -0.1) is 0 Å². The minimum Gasteiger partial charge on any atom is -0.316 e. The summed E-state index contributed by atoms with van der Waals surface area (Å²) in [5, 5.41) is 8.85.